The molecule has 6 unspecified atom stereocenters. The topological polar surface area (TPSA) is 155 Å². The van der Waals surface area contributed by atoms with Crippen molar-refractivity contribution in [3.8, 4) is 23.3 Å². The molecule has 0 spiro atoms. The van der Waals surface area contributed by atoms with Gasteiger partial charge in [-0.2, -0.15) is 0 Å². The molecule has 3 aliphatic rings. The van der Waals surface area contributed by atoms with Crippen LogP contribution in [0.4, 0.5) is 13.2 Å². The van der Waals surface area contributed by atoms with Gasteiger partial charge in [-0.05, 0) is 50.6 Å². The minimum absolute atomic E-state index is 0.227. The smallest absolute Gasteiger partial charge is 0.573 e. The first-order valence-electron chi connectivity index (χ1n) is 13.7. The highest BCUT2D eigenvalue weighted by molar-refractivity contribution is 7.85. The van der Waals surface area contributed by atoms with E-state index in [2.05, 4.69) is 16.6 Å². The Morgan fingerprint density at radius 3 is 2.42 bits per heavy atom. The number of esters is 3. The Labute approximate surface area is 255 Å². The number of rotatable bonds is 9. The second-order valence-electron chi connectivity index (χ2n) is 11.3. The first-order chi connectivity index (χ1) is 21.0. The lowest BCUT2D eigenvalue weighted by Crippen LogP contribution is -2.44. The molecular formula is C30H26F3O11S-. The van der Waals surface area contributed by atoms with E-state index in [1.165, 1.54) is 13.8 Å². The summed E-state index contributed by atoms with van der Waals surface area (Å²) in [5.74, 6) is -2.29. The van der Waals surface area contributed by atoms with Crippen LogP contribution in [0.15, 0.2) is 48.5 Å². The maximum Gasteiger partial charge on any atom is 0.573 e. The quantitative estimate of drug-likeness (QED) is 0.170. The van der Waals surface area contributed by atoms with Crippen molar-refractivity contribution < 1.29 is 64.2 Å². The van der Waals surface area contributed by atoms with Gasteiger partial charge in [0, 0.05) is 17.4 Å². The summed E-state index contributed by atoms with van der Waals surface area (Å²) in [7, 11) is -4.65. The van der Waals surface area contributed by atoms with Crippen molar-refractivity contribution in [1.82, 2.24) is 0 Å². The highest BCUT2D eigenvalue weighted by atomic mass is 32.2. The predicted octanol–water partition coefficient (Wildman–Crippen LogP) is 3.22. The average molecular weight is 652 g/mol. The van der Waals surface area contributed by atoms with Crippen molar-refractivity contribution in [2.24, 2.45) is 23.7 Å². The Bertz CT molecular complexity index is 1660. The van der Waals surface area contributed by atoms with Crippen LogP contribution in [-0.4, -0.2) is 67.4 Å². The molecule has 0 radical (unpaired) electrons. The number of fused-ring (bicyclic) bond motifs is 1. The Balaban J connectivity index is 1.36. The van der Waals surface area contributed by atoms with E-state index in [0.717, 1.165) is 18.2 Å². The molecule has 6 atom stereocenters. The molecule has 0 amide bonds. The molecule has 0 aromatic heterocycles. The van der Waals surface area contributed by atoms with E-state index in [0.29, 0.717) is 5.56 Å². The van der Waals surface area contributed by atoms with Gasteiger partial charge in [-0.3, -0.25) is 9.59 Å². The van der Waals surface area contributed by atoms with Crippen LogP contribution in [-0.2, 0) is 33.9 Å². The van der Waals surface area contributed by atoms with Crippen LogP contribution in [0, 0.1) is 35.5 Å². The fourth-order valence-electron chi connectivity index (χ4n) is 5.97. The van der Waals surface area contributed by atoms with E-state index in [9.17, 15) is 40.5 Å². The Morgan fingerprint density at radius 2 is 1.76 bits per heavy atom. The van der Waals surface area contributed by atoms with Gasteiger partial charge >= 0.3 is 24.3 Å². The van der Waals surface area contributed by atoms with Gasteiger partial charge in [-0.1, -0.05) is 30.0 Å². The van der Waals surface area contributed by atoms with Crippen molar-refractivity contribution in [3.63, 3.8) is 0 Å². The summed E-state index contributed by atoms with van der Waals surface area (Å²) in [5.41, 5.74) is -0.940. The molecule has 1 heterocycles. The van der Waals surface area contributed by atoms with E-state index in [4.69, 9.17) is 18.9 Å². The molecule has 2 saturated carbocycles. The molecule has 3 fully saturated rings. The number of benzene rings is 2. The van der Waals surface area contributed by atoms with Gasteiger partial charge in [0.1, 0.15) is 18.8 Å². The van der Waals surface area contributed by atoms with Crippen LogP contribution in [0.1, 0.15) is 36.2 Å². The minimum Gasteiger partial charge on any atom is -0.748 e. The predicted molar refractivity (Wildman–Crippen MR) is 144 cm³/mol. The highest BCUT2D eigenvalue weighted by Gasteiger charge is 2.70. The van der Waals surface area contributed by atoms with Gasteiger partial charge in [0.25, 0.3) is 0 Å². The molecule has 2 aromatic rings. The third-order valence-corrected chi connectivity index (χ3v) is 8.36. The number of carbonyl (C=O) groups excluding carboxylic acids is 3. The van der Waals surface area contributed by atoms with Crippen molar-refractivity contribution in [1.29, 1.82) is 0 Å². The molecule has 5 rings (SSSR count). The second-order valence-corrected chi connectivity index (χ2v) is 12.8. The number of alkyl halides is 3. The molecule has 11 nitrogen and oxygen atoms in total. The first-order valence-corrected chi connectivity index (χ1v) is 15.3. The summed E-state index contributed by atoms with van der Waals surface area (Å²) in [4.78, 5) is 38.7. The maximum atomic E-state index is 13.3. The van der Waals surface area contributed by atoms with E-state index in [1.807, 2.05) is 0 Å². The zero-order valence-corrected chi connectivity index (χ0v) is 24.6. The lowest BCUT2D eigenvalue weighted by Gasteiger charge is -2.30. The van der Waals surface area contributed by atoms with Crippen LogP contribution in [0.2, 0.25) is 0 Å². The number of hydrogen-bond donors (Lipinski definition) is 0. The van der Waals surface area contributed by atoms with E-state index >= 15 is 0 Å². The summed E-state index contributed by atoms with van der Waals surface area (Å²) in [5, 5.41) is 0. The zero-order valence-electron chi connectivity index (χ0n) is 23.7. The molecule has 2 aliphatic carbocycles. The van der Waals surface area contributed by atoms with Crippen LogP contribution in [0.25, 0.3) is 0 Å². The van der Waals surface area contributed by atoms with E-state index in [-0.39, 0.29) is 12.0 Å². The summed E-state index contributed by atoms with van der Waals surface area (Å²) in [6, 6.07) is 11.7. The van der Waals surface area contributed by atoms with Gasteiger partial charge in [0.15, 0.2) is 17.1 Å². The third kappa shape index (κ3) is 7.34. The molecule has 240 valence electrons. The lowest BCUT2D eigenvalue weighted by molar-refractivity contribution is -0.275. The van der Waals surface area contributed by atoms with Crippen molar-refractivity contribution in [2.45, 2.75) is 44.4 Å². The van der Waals surface area contributed by atoms with Crippen LogP contribution in [0.5, 0.6) is 11.5 Å². The van der Waals surface area contributed by atoms with Gasteiger partial charge in [-0.15, -0.1) is 13.2 Å². The fourth-order valence-corrected chi connectivity index (χ4v) is 6.26. The van der Waals surface area contributed by atoms with E-state index in [1.54, 1.807) is 30.3 Å². The Morgan fingerprint density at radius 1 is 1.04 bits per heavy atom. The van der Waals surface area contributed by atoms with Crippen molar-refractivity contribution >= 4 is 28.0 Å². The van der Waals surface area contributed by atoms with Crippen molar-refractivity contribution in [2.75, 3.05) is 12.4 Å². The van der Waals surface area contributed by atoms with Crippen LogP contribution < -0.4 is 9.47 Å². The summed E-state index contributed by atoms with van der Waals surface area (Å²) < 4.78 is 98.0. The number of carbonyl (C=O) groups is 3. The lowest BCUT2D eigenvalue weighted by atomic mass is 9.78. The highest BCUT2D eigenvalue weighted by Crippen LogP contribution is 2.59. The van der Waals surface area contributed by atoms with Gasteiger partial charge < -0.3 is 28.2 Å². The molecule has 2 aromatic carbocycles. The summed E-state index contributed by atoms with van der Waals surface area (Å²) >= 11 is 0. The average Bonchev–Trinajstić information content (AvgIpc) is 3.56. The van der Waals surface area contributed by atoms with Gasteiger partial charge in [0.05, 0.1) is 33.3 Å². The molecular weight excluding hydrogens is 625 g/mol. The molecule has 2 bridgehead atoms. The molecule has 1 aliphatic heterocycles. The van der Waals surface area contributed by atoms with Gasteiger partial charge in [-0.25, -0.2) is 13.2 Å². The van der Waals surface area contributed by atoms with Crippen molar-refractivity contribution in [3.05, 3.63) is 59.7 Å². The largest absolute Gasteiger partial charge is 0.748 e. The second kappa shape index (κ2) is 11.9. The normalized spacial score (nSPS) is 25.2. The molecule has 15 heteroatoms. The minimum atomic E-state index is -5.08. The fraction of sp³-hybridized carbons (Fsp3) is 0.433. The van der Waals surface area contributed by atoms with Crippen LogP contribution >= 0.6 is 0 Å². The Kier molecular flexibility index (Phi) is 8.49. The third-order valence-electron chi connectivity index (χ3n) is 7.69. The monoisotopic (exact) mass is 651 g/mol. The zero-order chi connectivity index (χ0) is 32.7. The number of ether oxygens (including phenoxy) is 5. The number of halogens is 3. The maximum absolute atomic E-state index is 13.3. The molecule has 0 N–H and O–H groups in total. The summed E-state index contributed by atoms with van der Waals surface area (Å²) in [6.45, 7) is 2.31. The Hall–Kier alpha value is -4.29. The van der Waals surface area contributed by atoms with E-state index < -0.39 is 99.7 Å². The van der Waals surface area contributed by atoms with Gasteiger partial charge in [0.2, 0.25) is 0 Å². The standard InChI is InChI=1S/C30H27F3O11S/c1-29(2,11-10-16-6-4-3-5-7-16)43-21-14-17(8-9-20(21)44-30(31,32)33)26(34)41-24-18-15-19-23(28(36)42-25(19)24)22(18)27(35)40-12-13-45(37,38)39/h3-9,14,18-19,22-25H,12-13,15H2,1-2H3,(H,37,38,39)/p-1. The SMILES string of the molecule is CC(C)(C#Cc1ccccc1)Oc1cc(C(=O)OC2C3CC4C2OC(=O)C4C3C(=O)OCCS(=O)(=O)[O-])ccc1OC(F)(F)F. The summed E-state index contributed by atoms with van der Waals surface area (Å²) in [6.07, 6.45) is -6.78. The number of hydrogen-bond acceptors (Lipinski definition) is 11. The molecule has 1 saturated heterocycles. The first kappa shape index (κ1) is 32.1. The molecule has 45 heavy (non-hydrogen) atoms. The van der Waals surface area contributed by atoms with Crippen LogP contribution in [0.3, 0.4) is 0 Å².